The highest BCUT2D eigenvalue weighted by molar-refractivity contribution is 5.66. The van der Waals surface area contributed by atoms with Gasteiger partial charge in [-0.25, -0.2) is 0 Å². The molecule has 0 unspecified atom stereocenters. The van der Waals surface area contributed by atoms with Crippen molar-refractivity contribution in [3.8, 4) is 0 Å². The molecule has 80 valence electrons. The van der Waals surface area contributed by atoms with Gasteiger partial charge in [-0.3, -0.25) is 4.79 Å². The van der Waals surface area contributed by atoms with Crippen LogP contribution in [0.3, 0.4) is 0 Å². The predicted octanol–water partition coefficient (Wildman–Crippen LogP) is -0.407. The van der Waals surface area contributed by atoms with Gasteiger partial charge in [0.05, 0.1) is 13.2 Å². The highest BCUT2D eigenvalue weighted by atomic mass is 16.4. The summed E-state index contributed by atoms with van der Waals surface area (Å²) in [5.41, 5.74) is 0. The van der Waals surface area contributed by atoms with E-state index >= 15 is 0 Å². The zero-order valence-electron chi connectivity index (χ0n) is 7.81. The molecule has 0 rings (SSSR count). The molecule has 0 fully saturated rings. The third kappa shape index (κ3) is 18.4. The van der Waals surface area contributed by atoms with E-state index in [0.717, 1.165) is 12.8 Å². The van der Waals surface area contributed by atoms with Gasteiger partial charge in [-0.2, -0.15) is 0 Å². The molecule has 13 heavy (non-hydrogen) atoms. The fraction of sp³-hybridized carbons (Fsp3) is 0.875. The highest BCUT2D eigenvalue weighted by Crippen LogP contribution is 1.91. The topological polar surface area (TPSA) is 98.0 Å². The molecule has 0 saturated heterocycles. The van der Waals surface area contributed by atoms with Crippen LogP contribution in [0.2, 0.25) is 0 Å². The lowest BCUT2D eigenvalue weighted by atomic mass is 10.3. The molecular weight excluding hydrogens is 176 g/mol. The van der Waals surface area contributed by atoms with Crippen molar-refractivity contribution in [1.29, 1.82) is 0 Å². The van der Waals surface area contributed by atoms with Gasteiger partial charge in [0.1, 0.15) is 6.10 Å². The minimum Gasteiger partial charge on any atom is -0.481 e. The van der Waals surface area contributed by atoms with Gasteiger partial charge in [-0.15, -0.1) is 0 Å². The lowest BCUT2D eigenvalue weighted by Gasteiger charge is -1.96. The molecule has 4 N–H and O–H groups in total. The first-order chi connectivity index (χ1) is 6.08. The van der Waals surface area contributed by atoms with Gasteiger partial charge < -0.3 is 20.4 Å². The highest BCUT2D eigenvalue weighted by Gasteiger charge is 1.93. The van der Waals surface area contributed by atoms with Crippen molar-refractivity contribution in [3.05, 3.63) is 0 Å². The molecule has 0 aromatic rings. The molecule has 0 amide bonds. The van der Waals surface area contributed by atoms with Crippen LogP contribution in [0, 0.1) is 0 Å². The smallest absolute Gasteiger partial charge is 0.303 e. The number of aliphatic carboxylic acids is 1. The number of aliphatic hydroxyl groups is 3. The molecule has 0 heterocycles. The Bertz CT molecular complexity index is 111. The van der Waals surface area contributed by atoms with Gasteiger partial charge in [-0.1, -0.05) is 13.3 Å². The van der Waals surface area contributed by atoms with E-state index in [0.29, 0.717) is 6.42 Å². The van der Waals surface area contributed by atoms with Gasteiger partial charge in [0.25, 0.3) is 0 Å². The first-order valence-electron chi connectivity index (χ1n) is 4.20. The average molecular weight is 194 g/mol. The monoisotopic (exact) mass is 194 g/mol. The summed E-state index contributed by atoms with van der Waals surface area (Å²) in [6, 6.07) is 0. The number of aliphatic hydroxyl groups excluding tert-OH is 3. The average Bonchev–Trinajstić information content (AvgIpc) is 2.14. The van der Waals surface area contributed by atoms with Gasteiger partial charge in [0.15, 0.2) is 0 Å². The Hall–Kier alpha value is -0.650. The van der Waals surface area contributed by atoms with Crippen LogP contribution in [0.4, 0.5) is 0 Å². The maximum absolute atomic E-state index is 9.76. The first kappa shape index (κ1) is 14.9. The molecule has 0 radical (unpaired) electrons. The third-order valence-corrected chi connectivity index (χ3v) is 1.17. The number of rotatable bonds is 5. The molecule has 5 nitrogen and oxygen atoms in total. The Kier molecular flexibility index (Phi) is 13.0. The Morgan fingerprint density at radius 1 is 1.31 bits per heavy atom. The molecule has 0 aliphatic rings. The van der Waals surface area contributed by atoms with Gasteiger partial charge in [0, 0.05) is 6.42 Å². The normalized spacial score (nSPS) is 9.31. The van der Waals surface area contributed by atoms with Crippen LogP contribution in [0.25, 0.3) is 0 Å². The van der Waals surface area contributed by atoms with Crippen LogP contribution in [0.5, 0.6) is 0 Å². The van der Waals surface area contributed by atoms with E-state index in [-0.39, 0.29) is 13.2 Å². The summed E-state index contributed by atoms with van der Waals surface area (Å²) < 4.78 is 0. The van der Waals surface area contributed by atoms with Crippen LogP contribution in [-0.4, -0.2) is 45.7 Å². The Labute approximate surface area is 77.6 Å². The van der Waals surface area contributed by atoms with Crippen molar-refractivity contribution in [2.45, 2.75) is 32.3 Å². The van der Waals surface area contributed by atoms with E-state index in [1.807, 2.05) is 6.92 Å². The Morgan fingerprint density at radius 3 is 1.85 bits per heavy atom. The van der Waals surface area contributed by atoms with Gasteiger partial charge >= 0.3 is 5.97 Å². The van der Waals surface area contributed by atoms with Gasteiger partial charge in [-0.05, 0) is 6.42 Å². The number of hydrogen-bond donors (Lipinski definition) is 4. The van der Waals surface area contributed by atoms with E-state index in [4.69, 9.17) is 20.4 Å². The largest absolute Gasteiger partial charge is 0.481 e. The molecule has 0 bridgehead atoms. The summed E-state index contributed by atoms with van der Waals surface area (Å²) in [5.74, 6) is -0.693. The van der Waals surface area contributed by atoms with Crippen molar-refractivity contribution in [2.75, 3.05) is 13.2 Å². The maximum Gasteiger partial charge on any atom is 0.303 e. The molecule has 0 spiro atoms. The second kappa shape index (κ2) is 11.4. The summed E-state index contributed by atoms with van der Waals surface area (Å²) in [5, 5.41) is 32.1. The summed E-state index contributed by atoms with van der Waals surface area (Å²) in [7, 11) is 0. The number of hydrogen-bond acceptors (Lipinski definition) is 4. The fourth-order valence-corrected chi connectivity index (χ4v) is 0.386. The van der Waals surface area contributed by atoms with E-state index in [2.05, 4.69) is 0 Å². The molecule has 0 aliphatic heterocycles. The summed E-state index contributed by atoms with van der Waals surface area (Å²) in [4.78, 5) is 9.76. The molecular formula is C8H18O5. The van der Waals surface area contributed by atoms with E-state index < -0.39 is 12.1 Å². The fourth-order valence-electron chi connectivity index (χ4n) is 0.386. The number of carboxylic acid groups (broad SMARTS) is 1. The van der Waals surface area contributed by atoms with Crippen LogP contribution in [-0.2, 0) is 4.79 Å². The van der Waals surface area contributed by atoms with E-state index in [9.17, 15) is 4.79 Å². The van der Waals surface area contributed by atoms with Crippen LogP contribution in [0.15, 0.2) is 0 Å². The Morgan fingerprint density at radius 2 is 1.77 bits per heavy atom. The van der Waals surface area contributed by atoms with Crippen LogP contribution >= 0.6 is 0 Å². The van der Waals surface area contributed by atoms with Gasteiger partial charge in [0.2, 0.25) is 0 Å². The second-order valence-corrected chi connectivity index (χ2v) is 2.52. The summed E-state index contributed by atoms with van der Waals surface area (Å²) in [6.45, 7) is 1.25. The summed E-state index contributed by atoms with van der Waals surface area (Å²) >= 11 is 0. The Balaban J connectivity index is 0. The van der Waals surface area contributed by atoms with Crippen molar-refractivity contribution in [3.63, 3.8) is 0 Å². The van der Waals surface area contributed by atoms with Crippen molar-refractivity contribution in [2.24, 2.45) is 0 Å². The number of unbranched alkanes of at least 4 members (excludes halogenated alkanes) is 1. The predicted molar refractivity (Wildman–Crippen MR) is 47.3 cm³/mol. The lowest BCUT2D eigenvalue weighted by Crippen LogP contribution is -2.15. The first-order valence-corrected chi connectivity index (χ1v) is 4.20. The lowest BCUT2D eigenvalue weighted by molar-refractivity contribution is -0.137. The number of carbonyl (C=O) groups is 1. The van der Waals surface area contributed by atoms with Crippen molar-refractivity contribution in [1.82, 2.24) is 0 Å². The zero-order chi connectivity index (χ0) is 10.7. The SMILES string of the molecule is CCCCC(=O)O.OCC(O)CO. The van der Waals surface area contributed by atoms with Crippen LogP contribution < -0.4 is 0 Å². The second-order valence-electron chi connectivity index (χ2n) is 2.52. The standard InChI is InChI=1S/C5H10O2.C3H8O3/c1-2-3-4-5(6)7;4-1-3(6)2-5/h2-4H2,1H3,(H,6,7);3-6H,1-2H2. The molecule has 0 aromatic carbocycles. The van der Waals surface area contributed by atoms with E-state index in [1.165, 1.54) is 0 Å². The van der Waals surface area contributed by atoms with Crippen LogP contribution in [0.1, 0.15) is 26.2 Å². The molecule has 0 aromatic heterocycles. The van der Waals surface area contributed by atoms with Crippen molar-refractivity contribution < 1.29 is 25.2 Å². The molecule has 5 heteroatoms. The molecule has 0 atom stereocenters. The number of carboxylic acids is 1. The van der Waals surface area contributed by atoms with E-state index in [1.54, 1.807) is 0 Å². The summed E-state index contributed by atoms with van der Waals surface area (Å²) in [6.07, 6.45) is 1.13. The molecule has 0 aliphatic carbocycles. The third-order valence-electron chi connectivity index (χ3n) is 1.17. The molecule has 0 saturated carbocycles. The minimum absolute atomic E-state index is 0.316. The quantitative estimate of drug-likeness (QED) is 0.477. The minimum atomic E-state index is -0.954. The zero-order valence-corrected chi connectivity index (χ0v) is 7.81. The van der Waals surface area contributed by atoms with Crippen molar-refractivity contribution >= 4 is 5.97 Å². The maximum atomic E-state index is 9.76.